The minimum atomic E-state index is -0.931. The number of halogens is 1. The van der Waals surface area contributed by atoms with Crippen molar-refractivity contribution >= 4 is 33.5 Å². The van der Waals surface area contributed by atoms with Gasteiger partial charge >= 0.3 is 5.97 Å². The first-order valence-electron chi connectivity index (χ1n) is 6.88. The number of anilines is 1. The van der Waals surface area contributed by atoms with Gasteiger partial charge in [0, 0.05) is 4.47 Å². The molecule has 2 N–H and O–H groups in total. The zero-order valence-corrected chi connectivity index (χ0v) is 14.1. The molecule has 0 spiro atoms. The van der Waals surface area contributed by atoms with Gasteiger partial charge in [0.2, 0.25) is 5.91 Å². The van der Waals surface area contributed by atoms with Crippen LogP contribution < -0.4 is 5.32 Å². The highest BCUT2D eigenvalue weighted by molar-refractivity contribution is 9.10. The van der Waals surface area contributed by atoms with Gasteiger partial charge in [-0.1, -0.05) is 13.0 Å². The van der Waals surface area contributed by atoms with Gasteiger partial charge in [0.15, 0.2) is 0 Å². The van der Waals surface area contributed by atoms with E-state index in [1.54, 1.807) is 11.8 Å². The second kappa shape index (κ2) is 8.14. The van der Waals surface area contributed by atoms with E-state index in [9.17, 15) is 9.59 Å². The molecule has 6 heteroatoms. The van der Waals surface area contributed by atoms with Gasteiger partial charge in [0.05, 0.1) is 18.3 Å². The van der Waals surface area contributed by atoms with E-state index in [0.29, 0.717) is 12.2 Å². The van der Waals surface area contributed by atoms with Gasteiger partial charge in [-0.05, 0) is 60.4 Å². The number of nitrogens with zero attached hydrogens (tertiary/aromatic N) is 1. The van der Waals surface area contributed by atoms with Crippen LogP contribution >= 0.6 is 15.9 Å². The normalized spacial score (nSPS) is 12.2. The van der Waals surface area contributed by atoms with Crippen molar-refractivity contribution in [3.8, 4) is 0 Å². The quantitative estimate of drug-likeness (QED) is 0.787. The van der Waals surface area contributed by atoms with Crippen LogP contribution in [0.5, 0.6) is 0 Å². The fourth-order valence-electron chi connectivity index (χ4n) is 2.00. The van der Waals surface area contributed by atoms with Crippen molar-refractivity contribution in [3.05, 3.63) is 28.2 Å². The van der Waals surface area contributed by atoms with E-state index in [0.717, 1.165) is 16.5 Å². The molecule has 5 nitrogen and oxygen atoms in total. The molecule has 0 heterocycles. The Hall–Kier alpha value is -1.40. The first-order valence-corrected chi connectivity index (χ1v) is 7.67. The average molecular weight is 357 g/mol. The van der Waals surface area contributed by atoms with Gasteiger partial charge in [-0.3, -0.25) is 14.5 Å². The van der Waals surface area contributed by atoms with Gasteiger partial charge < -0.3 is 10.4 Å². The van der Waals surface area contributed by atoms with Gasteiger partial charge in [-0.15, -0.1) is 0 Å². The fraction of sp³-hybridized carbons (Fsp3) is 0.467. The molecule has 116 valence electrons. The summed E-state index contributed by atoms with van der Waals surface area (Å²) in [5.41, 5.74) is 1.77. The summed E-state index contributed by atoms with van der Waals surface area (Å²) >= 11 is 3.41. The minimum absolute atomic E-state index is 0.141. The van der Waals surface area contributed by atoms with Crippen LogP contribution in [0.1, 0.15) is 25.8 Å². The predicted octanol–water partition coefficient (Wildman–Crippen LogP) is 2.88. The maximum Gasteiger partial charge on any atom is 0.317 e. The summed E-state index contributed by atoms with van der Waals surface area (Å²) in [6.45, 7) is 6.06. The van der Waals surface area contributed by atoms with Crippen molar-refractivity contribution in [3.63, 3.8) is 0 Å². The van der Waals surface area contributed by atoms with E-state index in [4.69, 9.17) is 5.11 Å². The molecule has 0 saturated carbocycles. The van der Waals surface area contributed by atoms with Gasteiger partial charge in [-0.2, -0.15) is 0 Å². The number of rotatable bonds is 7. The molecule has 0 aromatic heterocycles. The number of carbonyl (C=O) groups is 2. The lowest BCUT2D eigenvalue weighted by Crippen LogP contribution is -2.45. The summed E-state index contributed by atoms with van der Waals surface area (Å²) in [6, 6.07) is 5.15. The minimum Gasteiger partial charge on any atom is -0.480 e. The lowest BCUT2D eigenvalue weighted by molar-refractivity contribution is -0.139. The number of carboxylic acids is 1. The molecule has 1 aromatic rings. The van der Waals surface area contributed by atoms with E-state index >= 15 is 0 Å². The number of carboxylic acid groups (broad SMARTS) is 1. The molecule has 1 aromatic carbocycles. The monoisotopic (exact) mass is 356 g/mol. The molecule has 0 radical (unpaired) electrons. The van der Waals surface area contributed by atoms with Crippen LogP contribution in [-0.2, 0) is 9.59 Å². The number of benzene rings is 1. The highest BCUT2D eigenvalue weighted by Crippen LogP contribution is 2.23. The van der Waals surface area contributed by atoms with Crippen LogP contribution in [0.2, 0.25) is 0 Å². The number of aryl methyl sites for hydroxylation is 1. The highest BCUT2D eigenvalue weighted by Gasteiger charge is 2.23. The predicted molar refractivity (Wildman–Crippen MR) is 86.5 cm³/mol. The molecule has 1 amide bonds. The number of amides is 1. The number of hydrogen-bond acceptors (Lipinski definition) is 3. The Morgan fingerprint density at radius 1 is 1.43 bits per heavy atom. The van der Waals surface area contributed by atoms with Crippen molar-refractivity contribution < 1.29 is 14.7 Å². The van der Waals surface area contributed by atoms with Crippen LogP contribution in [0.15, 0.2) is 22.7 Å². The van der Waals surface area contributed by atoms with Crippen LogP contribution in [0.3, 0.4) is 0 Å². The standard InChI is InChI=1S/C15H21BrN2O3/c1-4-7-18(9-14(19)20)11(3)15(21)17-13-6-5-10(2)8-12(13)16/h5-6,8,11H,4,7,9H2,1-3H3,(H,17,21)(H,19,20). The van der Waals surface area contributed by atoms with Crippen LogP contribution in [0, 0.1) is 6.92 Å². The Bertz CT molecular complexity index is 520. The van der Waals surface area contributed by atoms with Crippen molar-refractivity contribution in [2.24, 2.45) is 0 Å². The fourth-order valence-corrected chi connectivity index (χ4v) is 2.59. The first-order chi connectivity index (χ1) is 9.85. The maximum atomic E-state index is 12.3. The first kappa shape index (κ1) is 17.7. The zero-order valence-electron chi connectivity index (χ0n) is 12.5. The van der Waals surface area contributed by atoms with E-state index in [1.807, 2.05) is 32.0 Å². The third-order valence-corrected chi connectivity index (χ3v) is 3.81. The molecule has 1 unspecified atom stereocenters. The maximum absolute atomic E-state index is 12.3. The Morgan fingerprint density at radius 3 is 2.62 bits per heavy atom. The SMILES string of the molecule is CCCN(CC(=O)O)C(C)C(=O)Nc1ccc(C)cc1Br. The Balaban J connectivity index is 2.78. The molecule has 0 bridgehead atoms. The van der Waals surface area contributed by atoms with E-state index < -0.39 is 12.0 Å². The molecule has 0 saturated heterocycles. The largest absolute Gasteiger partial charge is 0.480 e. The molecule has 0 aliphatic heterocycles. The summed E-state index contributed by atoms with van der Waals surface area (Å²) in [4.78, 5) is 24.8. The number of hydrogen-bond donors (Lipinski definition) is 2. The number of aliphatic carboxylic acids is 1. The molecule has 0 fully saturated rings. The lowest BCUT2D eigenvalue weighted by atomic mass is 10.2. The Labute approximate surface area is 133 Å². The molecular weight excluding hydrogens is 336 g/mol. The number of nitrogens with one attached hydrogen (secondary N) is 1. The van der Waals surface area contributed by atoms with E-state index in [1.165, 1.54) is 0 Å². The third-order valence-electron chi connectivity index (χ3n) is 3.16. The van der Waals surface area contributed by atoms with E-state index in [-0.39, 0.29) is 12.5 Å². The molecule has 0 aliphatic rings. The lowest BCUT2D eigenvalue weighted by Gasteiger charge is -2.26. The van der Waals surface area contributed by atoms with Crippen LogP contribution in [0.25, 0.3) is 0 Å². The number of carbonyl (C=O) groups excluding carboxylic acids is 1. The topological polar surface area (TPSA) is 69.6 Å². The molecule has 1 rings (SSSR count). The second-order valence-corrected chi connectivity index (χ2v) is 5.87. The summed E-state index contributed by atoms with van der Waals surface area (Å²) in [6.07, 6.45) is 0.791. The van der Waals surface area contributed by atoms with Gasteiger partial charge in [0.25, 0.3) is 0 Å². The van der Waals surface area contributed by atoms with Crippen LogP contribution in [0.4, 0.5) is 5.69 Å². The van der Waals surface area contributed by atoms with Crippen molar-refractivity contribution in [2.45, 2.75) is 33.2 Å². The van der Waals surface area contributed by atoms with Crippen LogP contribution in [-0.4, -0.2) is 41.0 Å². The van der Waals surface area contributed by atoms with Gasteiger partial charge in [-0.25, -0.2) is 0 Å². The highest BCUT2D eigenvalue weighted by atomic mass is 79.9. The third kappa shape index (κ3) is 5.47. The van der Waals surface area contributed by atoms with Crippen molar-refractivity contribution in [1.29, 1.82) is 0 Å². The molecular formula is C15H21BrN2O3. The Kier molecular flexibility index (Phi) is 6.84. The molecule has 21 heavy (non-hydrogen) atoms. The zero-order chi connectivity index (χ0) is 16.0. The summed E-state index contributed by atoms with van der Waals surface area (Å²) < 4.78 is 0.809. The van der Waals surface area contributed by atoms with Crippen molar-refractivity contribution in [1.82, 2.24) is 4.90 Å². The molecule has 0 aliphatic carbocycles. The summed E-state index contributed by atoms with van der Waals surface area (Å²) in [7, 11) is 0. The molecule has 1 atom stereocenters. The smallest absolute Gasteiger partial charge is 0.317 e. The Morgan fingerprint density at radius 2 is 2.10 bits per heavy atom. The van der Waals surface area contributed by atoms with E-state index in [2.05, 4.69) is 21.2 Å². The van der Waals surface area contributed by atoms with Gasteiger partial charge in [0.1, 0.15) is 0 Å². The summed E-state index contributed by atoms with van der Waals surface area (Å²) in [5, 5.41) is 11.8. The average Bonchev–Trinajstić information content (AvgIpc) is 2.40. The summed E-state index contributed by atoms with van der Waals surface area (Å²) in [5.74, 6) is -1.14. The second-order valence-electron chi connectivity index (χ2n) is 5.01. The van der Waals surface area contributed by atoms with Crippen molar-refractivity contribution in [2.75, 3.05) is 18.4 Å².